The van der Waals surface area contributed by atoms with Crippen molar-refractivity contribution < 1.29 is 17.6 Å². The van der Waals surface area contributed by atoms with Crippen LogP contribution < -0.4 is 5.73 Å². The number of nitrogens with two attached hydrogens (primary N) is 1. The van der Waals surface area contributed by atoms with Gasteiger partial charge in [0.05, 0.1) is 6.07 Å². The molecular weight excluding hydrogens is 200 g/mol. The summed E-state index contributed by atoms with van der Waals surface area (Å²) in [6.07, 6.45) is 0. The summed E-state index contributed by atoms with van der Waals surface area (Å²) in [7, 11) is 0. The van der Waals surface area contributed by atoms with Gasteiger partial charge >= 0.3 is 0 Å². The van der Waals surface area contributed by atoms with E-state index in [-0.39, 0.29) is 0 Å². The first-order valence-corrected chi connectivity index (χ1v) is 3.47. The second kappa shape index (κ2) is 3.64. The highest BCUT2D eigenvalue weighted by molar-refractivity contribution is 5.27. The Morgan fingerprint density at radius 3 is 2.21 bits per heavy atom. The third-order valence-corrected chi connectivity index (χ3v) is 1.60. The van der Waals surface area contributed by atoms with Crippen LogP contribution in [0.2, 0.25) is 0 Å². The minimum atomic E-state index is -1.97. The van der Waals surface area contributed by atoms with Gasteiger partial charge in [0.2, 0.25) is 0 Å². The van der Waals surface area contributed by atoms with Gasteiger partial charge < -0.3 is 5.73 Å². The Bertz CT molecular complexity index is 411. The van der Waals surface area contributed by atoms with Crippen molar-refractivity contribution in [2.45, 2.75) is 6.04 Å². The van der Waals surface area contributed by atoms with E-state index in [2.05, 4.69) is 0 Å². The van der Waals surface area contributed by atoms with Gasteiger partial charge in [-0.15, -0.1) is 0 Å². The summed E-state index contributed by atoms with van der Waals surface area (Å²) in [5.74, 6) is -7.11. The quantitative estimate of drug-likeness (QED) is 0.430. The highest BCUT2D eigenvalue weighted by Crippen LogP contribution is 2.22. The Morgan fingerprint density at radius 2 is 1.71 bits per heavy atom. The molecule has 1 aromatic rings. The lowest BCUT2D eigenvalue weighted by Crippen LogP contribution is -2.12. The van der Waals surface area contributed by atoms with Crippen molar-refractivity contribution in [2.75, 3.05) is 0 Å². The van der Waals surface area contributed by atoms with Crippen LogP contribution >= 0.6 is 0 Å². The lowest BCUT2D eigenvalue weighted by Gasteiger charge is -2.06. The molecule has 0 saturated carbocycles. The maximum atomic E-state index is 12.9. The van der Waals surface area contributed by atoms with Crippen molar-refractivity contribution in [1.29, 1.82) is 5.26 Å². The maximum absolute atomic E-state index is 12.9. The summed E-state index contributed by atoms with van der Waals surface area (Å²) in [5, 5.41) is 8.28. The molecule has 14 heavy (non-hydrogen) atoms. The molecule has 1 atom stereocenters. The summed E-state index contributed by atoms with van der Waals surface area (Å²) < 4.78 is 50.5. The Labute approximate surface area is 76.6 Å². The van der Waals surface area contributed by atoms with E-state index in [4.69, 9.17) is 11.0 Å². The molecule has 0 aliphatic heterocycles. The fraction of sp³-hybridized carbons (Fsp3) is 0.125. The molecular formula is C8H4F4N2. The van der Waals surface area contributed by atoms with Gasteiger partial charge in [0.25, 0.3) is 0 Å². The molecule has 0 amide bonds. The number of nitrogens with zero attached hydrogens (tertiary/aromatic N) is 1. The van der Waals surface area contributed by atoms with E-state index in [1.807, 2.05) is 0 Å². The summed E-state index contributed by atoms with van der Waals surface area (Å²) in [6.45, 7) is 0. The van der Waals surface area contributed by atoms with Gasteiger partial charge in [-0.05, 0) is 6.07 Å². The molecule has 1 rings (SSSR count). The van der Waals surface area contributed by atoms with E-state index in [1.54, 1.807) is 0 Å². The largest absolute Gasteiger partial charge is 0.312 e. The molecule has 74 valence electrons. The van der Waals surface area contributed by atoms with E-state index in [0.717, 1.165) is 0 Å². The number of rotatable bonds is 1. The SMILES string of the molecule is N#CC(N)c1cc(F)c(F)c(F)c1F. The molecule has 0 saturated heterocycles. The molecule has 0 radical (unpaired) electrons. The summed E-state index contributed by atoms with van der Waals surface area (Å²) in [4.78, 5) is 0. The van der Waals surface area contributed by atoms with Crippen molar-refractivity contribution >= 4 is 0 Å². The summed E-state index contributed by atoms with van der Waals surface area (Å²) >= 11 is 0. The molecule has 0 aromatic heterocycles. The Balaban J connectivity index is 3.42. The fourth-order valence-corrected chi connectivity index (χ4v) is 0.887. The number of hydrogen-bond donors (Lipinski definition) is 1. The average Bonchev–Trinajstić information content (AvgIpc) is 2.19. The molecule has 0 aliphatic rings. The average molecular weight is 204 g/mol. The van der Waals surface area contributed by atoms with Crippen molar-refractivity contribution in [2.24, 2.45) is 5.73 Å². The second-order valence-corrected chi connectivity index (χ2v) is 2.50. The third kappa shape index (κ3) is 1.54. The lowest BCUT2D eigenvalue weighted by atomic mass is 10.1. The molecule has 0 heterocycles. The predicted molar refractivity (Wildman–Crippen MR) is 38.8 cm³/mol. The first-order valence-electron chi connectivity index (χ1n) is 3.47. The molecule has 0 aliphatic carbocycles. The lowest BCUT2D eigenvalue weighted by molar-refractivity contribution is 0.402. The Hall–Kier alpha value is -1.61. The Kier molecular flexibility index (Phi) is 2.72. The first-order chi connectivity index (χ1) is 6.49. The molecule has 0 spiro atoms. The Morgan fingerprint density at radius 1 is 1.14 bits per heavy atom. The zero-order valence-electron chi connectivity index (χ0n) is 6.69. The van der Waals surface area contributed by atoms with Gasteiger partial charge in [-0.1, -0.05) is 0 Å². The highest BCUT2D eigenvalue weighted by Gasteiger charge is 2.21. The van der Waals surface area contributed by atoms with E-state index in [1.165, 1.54) is 6.07 Å². The predicted octanol–water partition coefficient (Wildman–Crippen LogP) is 1.77. The molecule has 2 nitrogen and oxygen atoms in total. The number of halogens is 4. The van der Waals surface area contributed by atoms with Crippen LogP contribution in [-0.2, 0) is 0 Å². The van der Waals surface area contributed by atoms with Crippen LogP contribution in [0.3, 0.4) is 0 Å². The van der Waals surface area contributed by atoms with E-state index >= 15 is 0 Å². The maximum Gasteiger partial charge on any atom is 0.197 e. The van der Waals surface area contributed by atoms with E-state index in [0.29, 0.717) is 6.07 Å². The fourth-order valence-electron chi connectivity index (χ4n) is 0.887. The van der Waals surface area contributed by atoms with Gasteiger partial charge in [0.1, 0.15) is 6.04 Å². The van der Waals surface area contributed by atoms with Gasteiger partial charge in [-0.3, -0.25) is 0 Å². The second-order valence-electron chi connectivity index (χ2n) is 2.50. The zero-order valence-corrected chi connectivity index (χ0v) is 6.69. The molecule has 2 N–H and O–H groups in total. The van der Waals surface area contributed by atoms with Crippen molar-refractivity contribution in [3.05, 3.63) is 34.9 Å². The minimum absolute atomic E-state index is 0.363. The minimum Gasteiger partial charge on any atom is -0.312 e. The smallest absolute Gasteiger partial charge is 0.197 e. The van der Waals surface area contributed by atoms with Crippen molar-refractivity contribution in [3.8, 4) is 6.07 Å². The van der Waals surface area contributed by atoms with Crippen LogP contribution in [0.25, 0.3) is 0 Å². The molecule has 1 aromatic carbocycles. The number of nitriles is 1. The van der Waals surface area contributed by atoms with Crippen LogP contribution in [0.15, 0.2) is 6.07 Å². The van der Waals surface area contributed by atoms with Gasteiger partial charge in [-0.25, -0.2) is 17.6 Å². The monoisotopic (exact) mass is 204 g/mol. The standard InChI is InChI=1S/C8H4F4N2/c9-4-1-3(5(14)2-13)6(10)8(12)7(4)11/h1,5H,14H2. The van der Waals surface area contributed by atoms with Crippen LogP contribution in [0.5, 0.6) is 0 Å². The van der Waals surface area contributed by atoms with Crippen LogP contribution in [0.1, 0.15) is 11.6 Å². The van der Waals surface area contributed by atoms with Crippen LogP contribution in [0, 0.1) is 34.6 Å². The van der Waals surface area contributed by atoms with Gasteiger partial charge in [0.15, 0.2) is 23.3 Å². The number of benzene rings is 1. The van der Waals surface area contributed by atoms with E-state index < -0.39 is 34.9 Å². The highest BCUT2D eigenvalue weighted by atomic mass is 19.2. The third-order valence-electron chi connectivity index (χ3n) is 1.60. The van der Waals surface area contributed by atoms with Gasteiger partial charge in [0, 0.05) is 5.56 Å². The topological polar surface area (TPSA) is 49.8 Å². The first kappa shape index (κ1) is 10.5. The van der Waals surface area contributed by atoms with Crippen molar-refractivity contribution in [3.63, 3.8) is 0 Å². The van der Waals surface area contributed by atoms with Crippen LogP contribution in [0.4, 0.5) is 17.6 Å². The molecule has 0 fully saturated rings. The summed E-state index contributed by atoms with van der Waals surface area (Å²) in [6, 6.07) is 0.213. The molecule has 6 heteroatoms. The van der Waals surface area contributed by atoms with Crippen molar-refractivity contribution in [1.82, 2.24) is 0 Å². The van der Waals surface area contributed by atoms with Crippen LogP contribution in [-0.4, -0.2) is 0 Å². The normalized spacial score (nSPS) is 12.3. The number of hydrogen-bond acceptors (Lipinski definition) is 2. The molecule has 0 bridgehead atoms. The summed E-state index contributed by atoms with van der Waals surface area (Å²) in [5.41, 5.74) is 4.32. The van der Waals surface area contributed by atoms with Gasteiger partial charge in [-0.2, -0.15) is 5.26 Å². The zero-order chi connectivity index (χ0) is 10.9. The molecule has 1 unspecified atom stereocenters. The van der Waals surface area contributed by atoms with E-state index in [9.17, 15) is 17.6 Å².